The second-order valence-corrected chi connectivity index (χ2v) is 6.31. The number of benzene rings is 4. The number of ether oxygens (including phenoxy) is 1. The van der Waals surface area contributed by atoms with E-state index in [0.717, 1.165) is 21.5 Å². The minimum Gasteiger partial charge on any atom is -0.507 e. The molecule has 0 heterocycles. The molecule has 0 spiro atoms. The smallest absolute Gasteiger partial charge is 0.277 e. The van der Waals surface area contributed by atoms with Gasteiger partial charge in [-0.05, 0) is 39.7 Å². The summed E-state index contributed by atoms with van der Waals surface area (Å²) in [7, 11) is 0. The summed E-state index contributed by atoms with van der Waals surface area (Å²) in [6.07, 6.45) is 1.44. The standard InChI is InChI=1S/C23H18N2O3/c26-22-12-10-17-6-3-4-8-20(17)21(22)14-24-25-23(27)15-28-19-11-9-16-5-1-2-7-18(16)13-19/h1-14,26H,15H2,(H,25,27)/b24-14-. The van der Waals surface area contributed by atoms with Crippen molar-refractivity contribution in [2.45, 2.75) is 0 Å². The van der Waals surface area contributed by atoms with Gasteiger partial charge >= 0.3 is 0 Å². The van der Waals surface area contributed by atoms with Crippen LogP contribution in [0.3, 0.4) is 0 Å². The Bertz CT molecular complexity index is 1180. The number of hydrazone groups is 1. The lowest BCUT2D eigenvalue weighted by Crippen LogP contribution is -2.24. The number of nitrogens with zero attached hydrogens (tertiary/aromatic N) is 1. The lowest BCUT2D eigenvalue weighted by Gasteiger charge is -2.07. The lowest BCUT2D eigenvalue weighted by atomic mass is 10.0. The van der Waals surface area contributed by atoms with Gasteiger partial charge in [0.15, 0.2) is 6.61 Å². The Labute approximate surface area is 161 Å². The van der Waals surface area contributed by atoms with Crippen molar-refractivity contribution in [2.75, 3.05) is 6.61 Å². The van der Waals surface area contributed by atoms with E-state index in [1.165, 1.54) is 6.21 Å². The molecule has 138 valence electrons. The second kappa shape index (κ2) is 7.80. The third-order valence-corrected chi connectivity index (χ3v) is 4.42. The summed E-state index contributed by atoms with van der Waals surface area (Å²) < 4.78 is 5.54. The Morgan fingerprint density at radius 2 is 1.64 bits per heavy atom. The van der Waals surface area contributed by atoms with E-state index in [4.69, 9.17) is 4.74 Å². The van der Waals surface area contributed by atoms with E-state index in [-0.39, 0.29) is 18.3 Å². The van der Waals surface area contributed by atoms with E-state index >= 15 is 0 Å². The Balaban J connectivity index is 1.40. The quantitative estimate of drug-likeness (QED) is 0.408. The van der Waals surface area contributed by atoms with Crippen molar-refractivity contribution < 1.29 is 14.6 Å². The molecule has 0 saturated carbocycles. The molecule has 2 N–H and O–H groups in total. The molecule has 28 heavy (non-hydrogen) atoms. The largest absolute Gasteiger partial charge is 0.507 e. The molecule has 0 aliphatic rings. The van der Waals surface area contributed by atoms with Crippen molar-refractivity contribution in [1.82, 2.24) is 5.43 Å². The summed E-state index contributed by atoms with van der Waals surface area (Å²) >= 11 is 0. The first kappa shape index (κ1) is 17.5. The highest BCUT2D eigenvalue weighted by atomic mass is 16.5. The molecule has 0 bridgehead atoms. The summed E-state index contributed by atoms with van der Waals surface area (Å²) in [4.78, 5) is 12.0. The van der Waals surface area contributed by atoms with Gasteiger partial charge in [0, 0.05) is 5.56 Å². The van der Waals surface area contributed by atoms with Gasteiger partial charge in [-0.1, -0.05) is 60.7 Å². The highest BCUT2D eigenvalue weighted by Gasteiger charge is 2.06. The summed E-state index contributed by atoms with van der Waals surface area (Å²) in [5, 5.41) is 18.0. The minimum atomic E-state index is -0.385. The van der Waals surface area contributed by atoms with E-state index in [1.807, 2.05) is 72.8 Å². The van der Waals surface area contributed by atoms with E-state index in [1.54, 1.807) is 6.07 Å². The molecule has 0 aromatic heterocycles. The van der Waals surface area contributed by atoms with E-state index in [9.17, 15) is 9.90 Å². The predicted molar refractivity (Wildman–Crippen MR) is 111 cm³/mol. The maximum atomic E-state index is 12.0. The van der Waals surface area contributed by atoms with E-state index in [0.29, 0.717) is 11.3 Å². The SMILES string of the molecule is O=C(COc1ccc2ccccc2c1)N/N=C\c1c(O)ccc2ccccc12. The van der Waals surface area contributed by atoms with Crippen LogP contribution in [-0.2, 0) is 4.79 Å². The average Bonchev–Trinajstić information content (AvgIpc) is 2.73. The van der Waals surface area contributed by atoms with Gasteiger partial charge in [-0.2, -0.15) is 5.10 Å². The third kappa shape index (κ3) is 3.78. The van der Waals surface area contributed by atoms with Crippen LogP contribution in [0.4, 0.5) is 0 Å². The fourth-order valence-electron chi connectivity index (χ4n) is 3.03. The fraction of sp³-hybridized carbons (Fsp3) is 0.0435. The molecule has 0 saturated heterocycles. The molecule has 0 aliphatic carbocycles. The number of amides is 1. The molecule has 0 unspecified atom stereocenters. The average molecular weight is 370 g/mol. The first-order valence-electron chi connectivity index (χ1n) is 8.85. The van der Waals surface area contributed by atoms with Gasteiger partial charge in [-0.25, -0.2) is 5.43 Å². The monoisotopic (exact) mass is 370 g/mol. The molecule has 5 heteroatoms. The molecule has 0 radical (unpaired) electrons. The number of rotatable bonds is 5. The molecular weight excluding hydrogens is 352 g/mol. The van der Waals surface area contributed by atoms with E-state index < -0.39 is 0 Å². The Hall–Kier alpha value is -3.86. The van der Waals surface area contributed by atoms with Crippen LogP contribution < -0.4 is 10.2 Å². The van der Waals surface area contributed by atoms with Crippen molar-refractivity contribution in [3.63, 3.8) is 0 Å². The minimum absolute atomic E-state index is 0.101. The van der Waals surface area contributed by atoms with Crippen molar-refractivity contribution >= 4 is 33.7 Å². The van der Waals surface area contributed by atoms with Crippen molar-refractivity contribution in [3.05, 3.63) is 84.4 Å². The number of phenolic OH excluding ortho intramolecular Hbond substituents is 1. The molecular formula is C23H18N2O3. The Kier molecular flexibility index (Phi) is 4.89. The number of aromatic hydroxyl groups is 1. The zero-order valence-corrected chi connectivity index (χ0v) is 15.0. The number of hydrogen-bond acceptors (Lipinski definition) is 4. The highest BCUT2D eigenvalue weighted by molar-refractivity contribution is 6.02. The number of carbonyl (C=O) groups excluding carboxylic acids is 1. The Morgan fingerprint density at radius 1 is 0.929 bits per heavy atom. The molecule has 4 aromatic rings. The predicted octanol–water partition coefficient (Wildman–Crippen LogP) is 4.23. The fourth-order valence-corrected chi connectivity index (χ4v) is 3.03. The van der Waals surface area contributed by atoms with Crippen LogP contribution in [-0.4, -0.2) is 23.8 Å². The van der Waals surface area contributed by atoms with Crippen LogP contribution in [0.15, 0.2) is 84.0 Å². The Morgan fingerprint density at radius 3 is 2.50 bits per heavy atom. The van der Waals surface area contributed by atoms with Crippen LogP contribution >= 0.6 is 0 Å². The molecule has 1 amide bonds. The zero-order chi connectivity index (χ0) is 19.3. The maximum absolute atomic E-state index is 12.0. The number of phenols is 1. The first-order chi connectivity index (χ1) is 13.7. The molecule has 5 nitrogen and oxygen atoms in total. The van der Waals surface area contributed by atoms with Crippen LogP contribution in [0.1, 0.15) is 5.56 Å². The van der Waals surface area contributed by atoms with Crippen molar-refractivity contribution in [1.29, 1.82) is 0 Å². The molecule has 4 aromatic carbocycles. The van der Waals surface area contributed by atoms with Crippen molar-refractivity contribution in [2.24, 2.45) is 5.10 Å². The van der Waals surface area contributed by atoms with Gasteiger partial charge in [0.05, 0.1) is 6.21 Å². The zero-order valence-electron chi connectivity index (χ0n) is 15.0. The van der Waals surface area contributed by atoms with Crippen LogP contribution in [0.5, 0.6) is 11.5 Å². The summed E-state index contributed by atoms with van der Waals surface area (Å²) in [6.45, 7) is -0.156. The summed E-state index contributed by atoms with van der Waals surface area (Å²) in [5.74, 6) is 0.331. The molecule has 0 atom stereocenters. The van der Waals surface area contributed by atoms with Crippen LogP contribution in [0, 0.1) is 0 Å². The highest BCUT2D eigenvalue weighted by Crippen LogP contribution is 2.25. The molecule has 4 rings (SSSR count). The maximum Gasteiger partial charge on any atom is 0.277 e. The number of nitrogens with one attached hydrogen (secondary N) is 1. The van der Waals surface area contributed by atoms with Gasteiger partial charge < -0.3 is 9.84 Å². The lowest BCUT2D eigenvalue weighted by molar-refractivity contribution is -0.123. The second-order valence-electron chi connectivity index (χ2n) is 6.31. The summed E-state index contributed by atoms with van der Waals surface area (Å²) in [6, 6.07) is 24.7. The number of hydrogen-bond donors (Lipinski definition) is 2. The van der Waals surface area contributed by atoms with Crippen LogP contribution in [0.2, 0.25) is 0 Å². The topological polar surface area (TPSA) is 70.9 Å². The molecule has 0 aliphatic heterocycles. The van der Waals surface area contributed by atoms with E-state index in [2.05, 4.69) is 10.5 Å². The van der Waals surface area contributed by atoms with Crippen LogP contribution in [0.25, 0.3) is 21.5 Å². The summed E-state index contributed by atoms with van der Waals surface area (Å²) in [5.41, 5.74) is 2.97. The first-order valence-corrected chi connectivity index (χ1v) is 8.85. The normalized spacial score (nSPS) is 11.1. The van der Waals surface area contributed by atoms with Crippen molar-refractivity contribution in [3.8, 4) is 11.5 Å². The van der Waals surface area contributed by atoms with Gasteiger partial charge in [0.2, 0.25) is 0 Å². The number of carbonyl (C=O) groups is 1. The molecule has 0 fully saturated rings. The number of fused-ring (bicyclic) bond motifs is 2. The van der Waals surface area contributed by atoms with Gasteiger partial charge in [-0.3, -0.25) is 4.79 Å². The third-order valence-electron chi connectivity index (χ3n) is 4.42. The van der Waals surface area contributed by atoms with Gasteiger partial charge in [0.1, 0.15) is 11.5 Å². The van der Waals surface area contributed by atoms with Gasteiger partial charge in [0.25, 0.3) is 5.91 Å². The van der Waals surface area contributed by atoms with Gasteiger partial charge in [-0.15, -0.1) is 0 Å².